The Balaban J connectivity index is 2.09. The number of rotatable bonds is 1. The quantitative estimate of drug-likeness (QED) is 0.646. The molecule has 1 heterocycles. The molecule has 0 spiro atoms. The Morgan fingerprint density at radius 2 is 2.15 bits per heavy atom. The van der Waals surface area contributed by atoms with Crippen molar-refractivity contribution in [2.75, 3.05) is 6.54 Å². The largest absolute Gasteiger partial charge is 0.310 e. The van der Waals surface area contributed by atoms with E-state index in [1.807, 2.05) is 0 Å². The Hall–Kier alpha value is -0.820. The zero-order valence-electron chi connectivity index (χ0n) is 8.00. The number of hydrogen-bond donors (Lipinski definition) is 1. The molecule has 1 aliphatic heterocycles. The molecule has 0 saturated carbocycles. The van der Waals surface area contributed by atoms with Crippen molar-refractivity contribution >= 4 is 0 Å². The van der Waals surface area contributed by atoms with Gasteiger partial charge in [0.2, 0.25) is 0 Å². The Labute approximate surface area is 80.2 Å². The molecule has 13 heavy (non-hydrogen) atoms. The highest BCUT2D eigenvalue weighted by Gasteiger charge is 2.15. The number of nitrogens with one attached hydrogen (secondary N) is 1. The Morgan fingerprint density at radius 3 is 3.00 bits per heavy atom. The monoisotopic (exact) mass is 175 g/mol. The molecule has 1 unspecified atom stereocenters. The molecule has 0 aromatic carbocycles. The third-order valence-corrected chi connectivity index (χ3v) is 2.70. The summed E-state index contributed by atoms with van der Waals surface area (Å²) < 4.78 is 0. The van der Waals surface area contributed by atoms with Crippen LogP contribution in [0, 0.1) is 0 Å². The zero-order valence-corrected chi connectivity index (χ0v) is 8.00. The lowest BCUT2D eigenvalue weighted by Crippen LogP contribution is -2.22. The summed E-state index contributed by atoms with van der Waals surface area (Å²) in [7, 11) is 0. The van der Waals surface area contributed by atoms with Crippen LogP contribution in [0.15, 0.2) is 36.0 Å². The molecular weight excluding hydrogens is 158 g/mol. The van der Waals surface area contributed by atoms with E-state index in [0.717, 1.165) is 0 Å². The highest BCUT2D eigenvalue weighted by molar-refractivity contribution is 5.30. The van der Waals surface area contributed by atoms with Crippen LogP contribution in [0.2, 0.25) is 0 Å². The molecule has 70 valence electrons. The van der Waals surface area contributed by atoms with Gasteiger partial charge in [-0.15, -0.1) is 0 Å². The summed E-state index contributed by atoms with van der Waals surface area (Å²) in [4.78, 5) is 0. The molecule has 1 saturated heterocycles. The van der Waals surface area contributed by atoms with Crippen molar-refractivity contribution in [1.29, 1.82) is 0 Å². The molecule has 2 rings (SSSR count). The van der Waals surface area contributed by atoms with Gasteiger partial charge in [-0.2, -0.15) is 0 Å². The van der Waals surface area contributed by atoms with Crippen LogP contribution in [0.5, 0.6) is 0 Å². The minimum atomic E-state index is 0.610. The van der Waals surface area contributed by atoms with Crippen LogP contribution in [0.4, 0.5) is 0 Å². The fourth-order valence-corrected chi connectivity index (χ4v) is 1.94. The van der Waals surface area contributed by atoms with Gasteiger partial charge >= 0.3 is 0 Å². The summed E-state index contributed by atoms with van der Waals surface area (Å²) >= 11 is 0. The van der Waals surface area contributed by atoms with Gasteiger partial charge < -0.3 is 5.32 Å². The summed E-state index contributed by atoms with van der Waals surface area (Å²) in [6.07, 6.45) is 16.2. The van der Waals surface area contributed by atoms with Gasteiger partial charge in [0.05, 0.1) is 0 Å². The lowest BCUT2D eigenvalue weighted by atomic mass is 10.0. The van der Waals surface area contributed by atoms with Gasteiger partial charge in [0.25, 0.3) is 0 Å². The summed E-state index contributed by atoms with van der Waals surface area (Å²) in [6, 6.07) is 0.610. The first-order chi connectivity index (χ1) is 6.47. The first-order valence-corrected chi connectivity index (χ1v) is 5.23. The van der Waals surface area contributed by atoms with Crippen molar-refractivity contribution in [2.24, 2.45) is 0 Å². The molecule has 2 aliphatic rings. The fourth-order valence-electron chi connectivity index (χ4n) is 1.94. The first kappa shape index (κ1) is 8.76. The van der Waals surface area contributed by atoms with Gasteiger partial charge in [0, 0.05) is 6.04 Å². The average molecular weight is 175 g/mol. The zero-order chi connectivity index (χ0) is 8.93. The van der Waals surface area contributed by atoms with E-state index in [-0.39, 0.29) is 0 Å². The fraction of sp³-hybridized carbons (Fsp3) is 0.500. The maximum atomic E-state index is 3.52. The maximum absolute atomic E-state index is 3.52. The summed E-state index contributed by atoms with van der Waals surface area (Å²) in [5, 5.41) is 3.52. The number of hydrogen-bond acceptors (Lipinski definition) is 1. The molecule has 1 nitrogen and oxygen atoms in total. The van der Waals surface area contributed by atoms with E-state index in [0.29, 0.717) is 6.04 Å². The smallest absolute Gasteiger partial charge is 0.0320 e. The first-order valence-electron chi connectivity index (χ1n) is 5.23. The van der Waals surface area contributed by atoms with Gasteiger partial charge in [0.15, 0.2) is 0 Å². The summed E-state index contributed by atoms with van der Waals surface area (Å²) in [5.74, 6) is 0. The van der Waals surface area contributed by atoms with Crippen molar-refractivity contribution in [3.8, 4) is 0 Å². The van der Waals surface area contributed by atoms with Gasteiger partial charge in [0.1, 0.15) is 0 Å². The standard InChI is InChI=1S/C12H17N/c1-2-4-7-11(8-5-3-1)12-9-6-10-13-12/h2,4-5,7-8,12-13H,1,3,6,9-10H2/b4-2-,8-5-,11-7+. The molecule has 0 amide bonds. The van der Waals surface area contributed by atoms with E-state index < -0.39 is 0 Å². The normalized spacial score (nSPS) is 37.2. The topological polar surface area (TPSA) is 12.0 Å². The molecule has 1 atom stereocenters. The average Bonchev–Trinajstić information content (AvgIpc) is 2.55. The van der Waals surface area contributed by atoms with Crippen molar-refractivity contribution in [1.82, 2.24) is 5.32 Å². The second-order valence-electron chi connectivity index (χ2n) is 3.72. The minimum absolute atomic E-state index is 0.610. The van der Waals surface area contributed by atoms with Crippen LogP contribution in [0.1, 0.15) is 25.7 Å². The minimum Gasteiger partial charge on any atom is -0.310 e. The van der Waals surface area contributed by atoms with Crippen LogP contribution in [0.3, 0.4) is 0 Å². The SMILES string of the molecule is C1=C/CC\C=C/C(C2CCCN2)=C\1. The van der Waals surface area contributed by atoms with E-state index in [1.165, 1.54) is 37.8 Å². The highest BCUT2D eigenvalue weighted by atomic mass is 14.9. The summed E-state index contributed by atoms with van der Waals surface area (Å²) in [5.41, 5.74) is 1.45. The van der Waals surface area contributed by atoms with E-state index >= 15 is 0 Å². The van der Waals surface area contributed by atoms with E-state index in [2.05, 4.69) is 35.7 Å². The molecule has 0 radical (unpaired) electrons. The highest BCUT2D eigenvalue weighted by Crippen LogP contribution is 2.17. The lowest BCUT2D eigenvalue weighted by Gasteiger charge is -2.11. The van der Waals surface area contributed by atoms with E-state index in [9.17, 15) is 0 Å². The van der Waals surface area contributed by atoms with Crippen LogP contribution in [0.25, 0.3) is 0 Å². The molecule has 1 N–H and O–H groups in total. The van der Waals surface area contributed by atoms with Crippen molar-refractivity contribution in [2.45, 2.75) is 31.7 Å². The molecule has 0 bridgehead atoms. The Bertz CT molecular complexity index is 242. The summed E-state index contributed by atoms with van der Waals surface area (Å²) in [6.45, 7) is 1.18. The van der Waals surface area contributed by atoms with Gasteiger partial charge in [-0.25, -0.2) is 0 Å². The molecular formula is C12H17N. The van der Waals surface area contributed by atoms with Crippen LogP contribution < -0.4 is 5.32 Å². The molecule has 1 heteroatoms. The van der Waals surface area contributed by atoms with Crippen molar-refractivity contribution < 1.29 is 0 Å². The predicted molar refractivity (Wildman–Crippen MR) is 56.6 cm³/mol. The number of allylic oxidation sites excluding steroid dienone is 4. The lowest BCUT2D eigenvalue weighted by molar-refractivity contribution is 0.702. The second kappa shape index (κ2) is 4.43. The predicted octanol–water partition coefficient (Wildman–Crippen LogP) is 2.57. The Kier molecular flexibility index (Phi) is 2.98. The van der Waals surface area contributed by atoms with Gasteiger partial charge in [-0.3, -0.25) is 0 Å². The molecule has 1 aliphatic carbocycles. The van der Waals surface area contributed by atoms with Crippen molar-refractivity contribution in [3.63, 3.8) is 0 Å². The van der Waals surface area contributed by atoms with E-state index in [1.54, 1.807) is 0 Å². The van der Waals surface area contributed by atoms with Crippen LogP contribution in [-0.2, 0) is 0 Å². The second-order valence-corrected chi connectivity index (χ2v) is 3.72. The molecule has 0 aromatic rings. The van der Waals surface area contributed by atoms with Crippen molar-refractivity contribution in [3.05, 3.63) is 36.0 Å². The van der Waals surface area contributed by atoms with Crippen LogP contribution in [-0.4, -0.2) is 12.6 Å². The Morgan fingerprint density at radius 1 is 1.23 bits per heavy atom. The van der Waals surface area contributed by atoms with E-state index in [4.69, 9.17) is 0 Å². The van der Waals surface area contributed by atoms with Gasteiger partial charge in [-0.1, -0.05) is 30.4 Å². The third kappa shape index (κ3) is 2.31. The van der Waals surface area contributed by atoms with Gasteiger partial charge in [-0.05, 0) is 37.8 Å². The maximum Gasteiger partial charge on any atom is 0.0320 e. The molecule has 0 aromatic heterocycles. The third-order valence-electron chi connectivity index (χ3n) is 2.70. The molecule has 1 fully saturated rings. The van der Waals surface area contributed by atoms with Crippen LogP contribution >= 0.6 is 0 Å².